The lowest BCUT2D eigenvalue weighted by Gasteiger charge is -2.22. The number of ketones is 1. The van der Waals surface area contributed by atoms with Gasteiger partial charge < -0.3 is 10.2 Å². The van der Waals surface area contributed by atoms with Crippen LogP contribution < -0.4 is 5.73 Å². The number of hydrogen-bond acceptors (Lipinski definition) is 3. The molecule has 20 heavy (non-hydrogen) atoms. The molecule has 108 valence electrons. The molecule has 0 amide bonds. The maximum absolute atomic E-state index is 12.2. The van der Waals surface area contributed by atoms with Crippen LogP contribution in [0.4, 0.5) is 0 Å². The van der Waals surface area contributed by atoms with Crippen LogP contribution in [0.2, 0.25) is 0 Å². The molecular formula is C17H23NO2. The van der Waals surface area contributed by atoms with Crippen molar-refractivity contribution in [3.05, 3.63) is 35.6 Å². The Bertz CT molecular complexity index is 619. The molecule has 0 saturated carbocycles. The van der Waals surface area contributed by atoms with Gasteiger partial charge in [0, 0.05) is 17.8 Å². The van der Waals surface area contributed by atoms with Gasteiger partial charge in [0.1, 0.15) is 5.58 Å². The molecule has 1 heterocycles. The van der Waals surface area contributed by atoms with Crippen molar-refractivity contribution in [3.63, 3.8) is 0 Å². The summed E-state index contributed by atoms with van der Waals surface area (Å²) < 4.78 is 5.69. The molecule has 2 rings (SSSR count). The number of fused-ring (bicyclic) bond motifs is 1. The molecule has 1 aromatic heterocycles. The van der Waals surface area contributed by atoms with Crippen LogP contribution in [-0.2, 0) is 0 Å². The van der Waals surface area contributed by atoms with E-state index in [4.69, 9.17) is 10.2 Å². The normalized spacial score (nSPS) is 13.7. The van der Waals surface area contributed by atoms with E-state index in [2.05, 4.69) is 20.8 Å². The average molecular weight is 273 g/mol. The van der Waals surface area contributed by atoms with Gasteiger partial charge in [-0.1, -0.05) is 39.0 Å². The predicted molar refractivity (Wildman–Crippen MR) is 81.9 cm³/mol. The highest BCUT2D eigenvalue weighted by molar-refractivity contribution is 5.98. The molecule has 1 unspecified atom stereocenters. The fourth-order valence-corrected chi connectivity index (χ4v) is 2.54. The number of furan rings is 1. The zero-order chi connectivity index (χ0) is 14.9. The molecule has 0 spiro atoms. The number of para-hydroxylation sites is 1. The number of Topliss-reactive ketones (excluding diaryl/α,β-unsaturated/α-hetero) is 1. The number of hydrogen-bond donors (Lipinski definition) is 1. The third kappa shape index (κ3) is 3.48. The molecule has 0 saturated heterocycles. The molecule has 1 atom stereocenters. The standard InChI is InChI=1S/C17H23NO2/c1-11-6-5-7-12-8-15(20-16(11)12)14(19)9-13(18)10-17(2,3)4/h5-8,13H,9-10,18H2,1-4H3. The van der Waals surface area contributed by atoms with Crippen molar-refractivity contribution in [1.82, 2.24) is 0 Å². The van der Waals surface area contributed by atoms with E-state index in [1.165, 1.54) is 0 Å². The smallest absolute Gasteiger partial charge is 0.199 e. The third-order valence-corrected chi connectivity index (χ3v) is 3.34. The highest BCUT2D eigenvalue weighted by Crippen LogP contribution is 2.25. The zero-order valence-corrected chi connectivity index (χ0v) is 12.7. The summed E-state index contributed by atoms with van der Waals surface area (Å²) in [5, 5.41) is 0.970. The minimum absolute atomic E-state index is 0.0163. The van der Waals surface area contributed by atoms with E-state index < -0.39 is 0 Å². The zero-order valence-electron chi connectivity index (χ0n) is 12.7. The van der Waals surface area contributed by atoms with Crippen molar-refractivity contribution in [2.45, 2.75) is 46.6 Å². The highest BCUT2D eigenvalue weighted by atomic mass is 16.3. The Balaban J connectivity index is 2.14. The first-order chi connectivity index (χ1) is 9.26. The van der Waals surface area contributed by atoms with Crippen molar-refractivity contribution >= 4 is 16.8 Å². The average Bonchev–Trinajstić information content (AvgIpc) is 2.71. The minimum Gasteiger partial charge on any atom is -0.453 e. The lowest BCUT2D eigenvalue weighted by molar-refractivity contribution is 0.0943. The molecule has 2 N–H and O–H groups in total. The largest absolute Gasteiger partial charge is 0.453 e. The van der Waals surface area contributed by atoms with Crippen molar-refractivity contribution in [2.24, 2.45) is 11.1 Å². The summed E-state index contributed by atoms with van der Waals surface area (Å²) in [5.41, 5.74) is 8.02. The maximum atomic E-state index is 12.2. The summed E-state index contributed by atoms with van der Waals surface area (Å²) in [6.07, 6.45) is 1.15. The van der Waals surface area contributed by atoms with Crippen LogP contribution in [0.25, 0.3) is 11.0 Å². The second-order valence-corrected chi connectivity index (χ2v) is 6.76. The molecule has 0 radical (unpaired) electrons. The van der Waals surface area contributed by atoms with E-state index in [0.29, 0.717) is 12.2 Å². The fourth-order valence-electron chi connectivity index (χ4n) is 2.54. The number of carbonyl (C=O) groups is 1. The first-order valence-electron chi connectivity index (χ1n) is 7.04. The molecule has 0 aliphatic rings. The Morgan fingerprint density at radius 2 is 2.05 bits per heavy atom. The first-order valence-corrected chi connectivity index (χ1v) is 7.04. The van der Waals surface area contributed by atoms with Crippen molar-refractivity contribution in [1.29, 1.82) is 0 Å². The molecule has 0 bridgehead atoms. The quantitative estimate of drug-likeness (QED) is 0.854. The number of benzene rings is 1. The van der Waals surface area contributed by atoms with Crippen LogP contribution in [0, 0.1) is 12.3 Å². The van der Waals surface area contributed by atoms with Crippen molar-refractivity contribution in [2.75, 3.05) is 0 Å². The number of carbonyl (C=O) groups excluding carboxylic acids is 1. The van der Waals surface area contributed by atoms with Gasteiger partial charge in [0.2, 0.25) is 0 Å². The molecule has 1 aromatic carbocycles. The van der Waals surface area contributed by atoms with Crippen LogP contribution in [0.3, 0.4) is 0 Å². The van der Waals surface area contributed by atoms with Gasteiger partial charge in [-0.05, 0) is 30.4 Å². The van der Waals surface area contributed by atoms with Gasteiger partial charge in [-0.3, -0.25) is 4.79 Å². The topological polar surface area (TPSA) is 56.2 Å². The Kier molecular flexibility index (Phi) is 4.00. The van der Waals surface area contributed by atoms with E-state index in [1.807, 2.05) is 31.2 Å². The Labute approximate surface area is 120 Å². The van der Waals surface area contributed by atoms with Crippen molar-refractivity contribution in [3.8, 4) is 0 Å². The van der Waals surface area contributed by atoms with E-state index in [9.17, 15) is 4.79 Å². The fraction of sp³-hybridized carbons (Fsp3) is 0.471. The van der Waals surface area contributed by atoms with Crippen LogP contribution >= 0.6 is 0 Å². The van der Waals surface area contributed by atoms with Gasteiger partial charge in [-0.15, -0.1) is 0 Å². The SMILES string of the molecule is Cc1cccc2cc(C(=O)CC(N)CC(C)(C)C)oc12. The van der Waals surface area contributed by atoms with Gasteiger partial charge in [-0.25, -0.2) is 0 Å². The summed E-state index contributed by atoms with van der Waals surface area (Å²) in [7, 11) is 0. The van der Waals surface area contributed by atoms with Crippen LogP contribution in [-0.4, -0.2) is 11.8 Å². The maximum Gasteiger partial charge on any atom is 0.199 e. The van der Waals surface area contributed by atoms with E-state index >= 15 is 0 Å². The number of rotatable bonds is 4. The van der Waals surface area contributed by atoms with Gasteiger partial charge in [-0.2, -0.15) is 0 Å². The van der Waals surface area contributed by atoms with Crippen LogP contribution in [0.1, 0.15) is 49.7 Å². The van der Waals surface area contributed by atoms with Gasteiger partial charge in [0.15, 0.2) is 11.5 Å². The third-order valence-electron chi connectivity index (χ3n) is 3.34. The van der Waals surface area contributed by atoms with E-state index in [0.717, 1.165) is 23.0 Å². The first kappa shape index (κ1) is 14.8. The molecule has 0 fully saturated rings. The van der Waals surface area contributed by atoms with Gasteiger partial charge in [0.05, 0.1) is 0 Å². The second kappa shape index (κ2) is 5.41. The summed E-state index contributed by atoms with van der Waals surface area (Å²) in [6, 6.07) is 7.58. The van der Waals surface area contributed by atoms with Gasteiger partial charge >= 0.3 is 0 Å². The molecule has 0 aliphatic carbocycles. The van der Waals surface area contributed by atoms with Gasteiger partial charge in [0.25, 0.3) is 0 Å². The molecule has 0 aliphatic heterocycles. The second-order valence-electron chi connectivity index (χ2n) is 6.76. The summed E-state index contributed by atoms with van der Waals surface area (Å²) in [5.74, 6) is 0.399. The molecule has 2 aromatic rings. The number of aryl methyl sites for hydroxylation is 1. The Morgan fingerprint density at radius 1 is 1.35 bits per heavy atom. The Morgan fingerprint density at radius 3 is 2.65 bits per heavy atom. The molecule has 3 heteroatoms. The molecule has 3 nitrogen and oxygen atoms in total. The van der Waals surface area contributed by atoms with Crippen molar-refractivity contribution < 1.29 is 9.21 Å². The van der Waals surface area contributed by atoms with E-state index in [1.54, 1.807) is 0 Å². The minimum atomic E-state index is -0.128. The number of nitrogens with two attached hydrogens (primary N) is 1. The Hall–Kier alpha value is -1.61. The summed E-state index contributed by atoms with van der Waals surface area (Å²) in [6.45, 7) is 8.36. The van der Waals surface area contributed by atoms with Crippen LogP contribution in [0.15, 0.2) is 28.7 Å². The molecular weight excluding hydrogens is 250 g/mol. The highest BCUT2D eigenvalue weighted by Gasteiger charge is 2.21. The summed E-state index contributed by atoms with van der Waals surface area (Å²) in [4.78, 5) is 12.2. The van der Waals surface area contributed by atoms with E-state index in [-0.39, 0.29) is 17.2 Å². The lowest BCUT2D eigenvalue weighted by Crippen LogP contribution is -2.28. The lowest BCUT2D eigenvalue weighted by atomic mass is 9.86. The summed E-state index contributed by atoms with van der Waals surface area (Å²) >= 11 is 0. The monoisotopic (exact) mass is 273 g/mol. The van der Waals surface area contributed by atoms with Crippen LogP contribution in [0.5, 0.6) is 0 Å². The predicted octanol–water partition coefficient (Wildman–Crippen LogP) is 4.08.